The van der Waals surface area contributed by atoms with Crippen molar-refractivity contribution in [2.75, 3.05) is 18.0 Å². The number of benzene rings is 1. The van der Waals surface area contributed by atoms with Crippen molar-refractivity contribution in [1.29, 1.82) is 0 Å². The molecule has 0 aliphatic carbocycles. The van der Waals surface area contributed by atoms with Crippen LogP contribution in [0.15, 0.2) is 42.7 Å². The summed E-state index contributed by atoms with van der Waals surface area (Å²) in [7, 11) is 0. The van der Waals surface area contributed by atoms with Gasteiger partial charge in [-0.25, -0.2) is 0 Å². The number of aromatic nitrogens is 4. The lowest BCUT2D eigenvalue weighted by Crippen LogP contribution is -2.42. The fraction of sp³-hybridized carbons (Fsp3) is 0.478. The molecule has 3 aromatic rings. The van der Waals surface area contributed by atoms with E-state index in [9.17, 15) is 4.79 Å². The molecule has 0 radical (unpaired) electrons. The lowest BCUT2D eigenvalue weighted by molar-refractivity contribution is -0.126. The number of hydrogen-bond donors (Lipinski definition) is 1. The third kappa shape index (κ3) is 5.34. The highest BCUT2D eigenvalue weighted by Crippen LogP contribution is 2.26. The molecule has 1 saturated heterocycles. The van der Waals surface area contributed by atoms with Gasteiger partial charge in [0.05, 0.1) is 6.04 Å². The maximum Gasteiger partial charge on any atom is 0.223 e. The van der Waals surface area contributed by atoms with Gasteiger partial charge in [0, 0.05) is 24.0 Å². The number of amides is 1. The second-order valence-corrected chi connectivity index (χ2v) is 9.11. The average Bonchev–Trinajstić information content (AvgIpc) is 3.25. The van der Waals surface area contributed by atoms with E-state index in [-0.39, 0.29) is 17.9 Å². The monoisotopic (exact) mass is 440 g/mol. The molecule has 0 spiro atoms. The van der Waals surface area contributed by atoms with Crippen LogP contribution < -0.4 is 10.2 Å². The summed E-state index contributed by atoms with van der Waals surface area (Å²) < 4.78 is 1.68. The summed E-state index contributed by atoms with van der Waals surface area (Å²) in [6.07, 6.45) is 5.21. The van der Waals surface area contributed by atoms with Crippen molar-refractivity contribution >= 4 is 29.0 Å². The van der Waals surface area contributed by atoms with Crippen LogP contribution in [0.25, 0.3) is 5.65 Å². The van der Waals surface area contributed by atoms with Gasteiger partial charge in [-0.1, -0.05) is 37.6 Å². The zero-order valence-corrected chi connectivity index (χ0v) is 18.8. The fourth-order valence-corrected chi connectivity index (χ4v) is 4.19. The second-order valence-electron chi connectivity index (χ2n) is 8.67. The Morgan fingerprint density at radius 1 is 1.13 bits per heavy atom. The molecule has 1 atom stereocenters. The molecule has 8 heteroatoms. The first-order chi connectivity index (χ1) is 15.0. The average molecular weight is 441 g/mol. The number of nitrogens with zero attached hydrogens (tertiary/aromatic N) is 5. The van der Waals surface area contributed by atoms with Gasteiger partial charge < -0.3 is 10.2 Å². The van der Waals surface area contributed by atoms with Crippen molar-refractivity contribution in [3.63, 3.8) is 0 Å². The smallest absolute Gasteiger partial charge is 0.223 e. The van der Waals surface area contributed by atoms with Gasteiger partial charge in [-0.05, 0) is 61.4 Å². The SMILES string of the molecule is CC(C)CCC(NC(=O)C1CCN(c2ccc3nncn3n2)CC1)c1ccc(Cl)cc1. The molecule has 1 fully saturated rings. The molecule has 164 valence electrons. The molecule has 1 aromatic carbocycles. The molecule has 0 bridgehead atoms. The van der Waals surface area contributed by atoms with Crippen LogP contribution in [0.4, 0.5) is 5.82 Å². The first kappa shape index (κ1) is 21.6. The van der Waals surface area contributed by atoms with Gasteiger partial charge in [-0.2, -0.15) is 4.52 Å². The van der Waals surface area contributed by atoms with Gasteiger partial charge in [0.15, 0.2) is 5.65 Å². The summed E-state index contributed by atoms with van der Waals surface area (Å²) in [6, 6.07) is 11.7. The molecule has 1 aliphatic rings. The highest BCUT2D eigenvalue weighted by Gasteiger charge is 2.27. The Morgan fingerprint density at radius 2 is 1.87 bits per heavy atom. The molecule has 2 aromatic heterocycles. The van der Waals surface area contributed by atoms with Crippen LogP contribution in [0.3, 0.4) is 0 Å². The fourth-order valence-electron chi connectivity index (χ4n) is 4.06. The molecule has 1 unspecified atom stereocenters. The summed E-state index contributed by atoms with van der Waals surface area (Å²) >= 11 is 6.06. The third-order valence-electron chi connectivity index (χ3n) is 5.96. The van der Waals surface area contributed by atoms with E-state index in [1.54, 1.807) is 10.8 Å². The van der Waals surface area contributed by atoms with Crippen molar-refractivity contribution < 1.29 is 4.79 Å². The normalized spacial score (nSPS) is 16.1. The minimum absolute atomic E-state index is 0.0167. The van der Waals surface area contributed by atoms with E-state index in [1.165, 1.54) is 0 Å². The van der Waals surface area contributed by atoms with E-state index in [2.05, 4.69) is 39.4 Å². The van der Waals surface area contributed by atoms with E-state index >= 15 is 0 Å². The number of fused-ring (bicyclic) bond motifs is 1. The summed E-state index contributed by atoms with van der Waals surface area (Å²) in [6.45, 7) is 6.02. The molecular weight excluding hydrogens is 412 g/mol. The molecule has 1 aliphatic heterocycles. The van der Waals surface area contributed by atoms with Gasteiger partial charge in [-0.15, -0.1) is 15.3 Å². The maximum atomic E-state index is 13.1. The summed E-state index contributed by atoms with van der Waals surface area (Å²) in [4.78, 5) is 15.3. The standard InChI is InChI=1S/C23H29ClN6O/c1-16(2)3-8-20(17-4-6-19(24)7-5-17)26-23(31)18-11-13-29(14-12-18)22-10-9-21-27-25-15-30(21)28-22/h4-7,9-10,15-16,18,20H,3,8,11-14H2,1-2H3,(H,26,31). The Balaban J connectivity index is 1.37. The first-order valence-electron chi connectivity index (χ1n) is 11.0. The van der Waals surface area contributed by atoms with Crippen LogP contribution in [-0.2, 0) is 4.79 Å². The predicted molar refractivity (Wildman–Crippen MR) is 122 cm³/mol. The zero-order chi connectivity index (χ0) is 21.8. The van der Waals surface area contributed by atoms with Gasteiger partial charge in [0.25, 0.3) is 0 Å². The molecule has 1 amide bonds. The zero-order valence-electron chi connectivity index (χ0n) is 18.0. The molecule has 7 nitrogen and oxygen atoms in total. The maximum absolute atomic E-state index is 13.1. The van der Waals surface area contributed by atoms with Gasteiger partial charge in [-0.3, -0.25) is 4.79 Å². The highest BCUT2D eigenvalue weighted by molar-refractivity contribution is 6.30. The third-order valence-corrected chi connectivity index (χ3v) is 6.21. The number of halogens is 1. The van der Waals surface area contributed by atoms with Crippen LogP contribution >= 0.6 is 11.6 Å². The molecule has 0 saturated carbocycles. The van der Waals surface area contributed by atoms with Crippen molar-refractivity contribution in [1.82, 2.24) is 25.1 Å². The molecule has 1 N–H and O–H groups in total. The second kappa shape index (κ2) is 9.64. The number of carbonyl (C=O) groups is 1. The van der Waals surface area contributed by atoms with E-state index < -0.39 is 0 Å². The number of rotatable bonds is 7. The Kier molecular flexibility index (Phi) is 6.70. The topological polar surface area (TPSA) is 75.4 Å². The minimum Gasteiger partial charge on any atom is -0.355 e. The Bertz CT molecular complexity index is 1010. The molecule has 4 rings (SSSR count). The van der Waals surface area contributed by atoms with E-state index in [0.29, 0.717) is 10.9 Å². The van der Waals surface area contributed by atoms with Gasteiger partial charge in [0.1, 0.15) is 12.1 Å². The first-order valence-corrected chi connectivity index (χ1v) is 11.4. The Morgan fingerprint density at radius 3 is 2.58 bits per heavy atom. The summed E-state index contributed by atoms with van der Waals surface area (Å²) in [5.41, 5.74) is 1.84. The van der Waals surface area contributed by atoms with Gasteiger partial charge in [0.2, 0.25) is 5.91 Å². The molecular formula is C23H29ClN6O. The quantitative estimate of drug-likeness (QED) is 0.593. The highest BCUT2D eigenvalue weighted by atomic mass is 35.5. The van der Waals surface area contributed by atoms with E-state index in [0.717, 1.165) is 55.8 Å². The lowest BCUT2D eigenvalue weighted by atomic mass is 9.93. The van der Waals surface area contributed by atoms with Crippen LogP contribution in [0.5, 0.6) is 0 Å². The van der Waals surface area contributed by atoms with Crippen molar-refractivity contribution in [2.45, 2.75) is 45.6 Å². The van der Waals surface area contributed by atoms with Crippen LogP contribution in [0, 0.1) is 11.8 Å². The van der Waals surface area contributed by atoms with E-state index in [4.69, 9.17) is 11.6 Å². The largest absolute Gasteiger partial charge is 0.355 e. The number of carbonyl (C=O) groups excluding carboxylic acids is 1. The van der Waals surface area contributed by atoms with E-state index in [1.807, 2.05) is 36.4 Å². The van der Waals surface area contributed by atoms with Crippen LogP contribution in [-0.4, -0.2) is 38.8 Å². The number of nitrogens with one attached hydrogen (secondary N) is 1. The predicted octanol–water partition coefficient (Wildman–Crippen LogP) is 4.29. The van der Waals surface area contributed by atoms with Gasteiger partial charge >= 0.3 is 0 Å². The molecule has 3 heterocycles. The van der Waals surface area contributed by atoms with Crippen molar-refractivity contribution in [3.8, 4) is 0 Å². The number of anilines is 1. The number of hydrogen-bond acceptors (Lipinski definition) is 5. The molecule has 31 heavy (non-hydrogen) atoms. The van der Waals surface area contributed by atoms with Crippen LogP contribution in [0.2, 0.25) is 5.02 Å². The Labute approximate surface area is 187 Å². The Hall–Kier alpha value is -2.67. The summed E-state index contributed by atoms with van der Waals surface area (Å²) in [5.74, 6) is 1.64. The lowest BCUT2D eigenvalue weighted by Gasteiger charge is -2.33. The van der Waals surface area contributed by atoms with Crippen molar-refractivity contribution in [3.05, 3.63) is 53.3 Å². The van der Waals surface area contributed by atoms with Crippen molar-refractivity contribution in [2.24, 2.45) is 11.8 Å². The van der Waals surface area contributed by atoms with Crippen LogP contribution in [0.1, 0.15) is 51.1 Å². The number of piperidine rings is 1. The summed E-state index contributed by atoms with van der Waals surface area (Å²) in [5, 5.41) is 16.5. The minimum atomic E-state index is 0.0167.